The molecule has 2 rings (SSSR count). The Hall–Kier alpha value is -2.82. The number of ether oxygens (including phenoxy) is 1. The number of carbonyl (C=O) groups excluding carboxylic acids is 2. The van der Waals surface area contributed by atoms with Gasteiger partial charge in [-0.3, -0.25) is 9.59 Å². The Kier molecular flexibility index (Phi) is 5.14. The van der Waals surface area contributed by atoms with Crippen LogP contribution in [0.5, 0.6) is 5.75 Å². The van der Waals surface area contributed by atoms with Gasteiger partial charge in [0.25, 0.3) is 5.91 Å². The summed E-state index contributed by atoms with van der Waals surface area (Å²) < 4.78 is 5.07. The minimum atomic E-state index is -0.238. The van der Waals surface area contributed by atoms with E-state index in [-0.39, 0.29) is 11.8 Å². The van der Waals surface area contributed by atoms with E-state index in [9.17, 15) is 9.59 Å². The van der Waals surface area contributed by atoms with Crippen LogP contribution in [0.3, 0.4) is 0 Å². The van der Waals surface area contributed by atoms with Crippen molar-refractivity contribution in [3.8, 4) is 5.75 Å². The summed E-state index contributed by atoms with van der Waals surface area (Å²) in [6.45, 7) is 1.77. The van der Waals surface area contributed by atoms with Gasteiger partial charge in [-0.05, 0) is 42.5 Å². The topological polar surface area (TPSA) is 67.4 Å². The zero-order valence-corrected chi connectivity index (χ0v) is 12.6. The van der Waals surface area contributed by atoms with Gasteiger partial charge in [0, 0.05) is 23.4 Å². The lowest BCUT2D eigenvalue weighted by Gasteiger charge is -2.08. The van der Waals surface area contributed by atoms with Gasteiger partial charge in [-0.2, -0.15) is 0 Å². The SMILES string of the molecule is CCC(=O)Nc1cccc(C(=O)Nc2ccc(OC)cc2)c1. The monoisotopic (exact) mass is 298 g/mol. The smallest absolute Gasteiger partial charge is 0.255 e. The number of methoxy groups -OCH3 is 1. The van der Waals surface area contributed by atoms with E-state index in [0.29, 0.717) is 23.4 Å². The van der Waals surface area contributed by atoms with Crippen LogP contribution in [0.15, 0.2) is 48.5 Å². The van der Waals surface area contributed by atoms with Gasteiger partial charge in [-0.15, -0.1) is 0 Å². The van der Waals surface area contributed by atoms with Gasteiger partial charge in [0.15, 0.2) is 0 Å². The van der Waals surface area contributed by atoms with Gasteiger partial charge in [0.05, 0.1) is 7.11 Å². The molecule has 22 heavy (non-hydrogen) atoms. The molecule has 0 aliphatic heterocycles. The summed E-state index contributed by atoms with van der Waals surface area (Å²) in [5.41, 5.74) is 1.76. The van der Waals surface area contributed by atoms with Crippen molar-refractivity contribution in [2.75, 3.05) is 17.7 Å². The lowest BCUT2D eigenvalue weighted by molar-refractivity contribution is -0.115. The molecule has 5 nitrogen and oxygen atoms in total. The normalized spacial score (nSPS) is 9.91. The molecule has 2 N–H and O–H groups in total. The molecule has 0 spiro atoms. The van der Waals surface area contributed by atoms with Gasteiger partial charge in [0.1, 0.15) is 5.75 Å². The fourth-order valence-corrected chi connectivity index (χ4v) is 1.87. The van der Waals surface area contributed by atoms with Crippen LogP contribution in [-0.4, -0.2) is 18.9 Å². The highest BCUT2D eigenvalue weighted by Gasteiger charge is 2.08. The Balaban J connectivity index is 2.08. The van der Waals surface area contributed by atoms with E-state index in [1.807, 2.05) is 0 Å². The lowest BCUT2D eigenvalue weighted by atomic mass is 10.1. The summed E-state index contributed by atoms with van der Waals surface area (Å²) in [5, 5.41) is 5.53. The number of rotatable bonds is 5. The summed E-state index contributed by atoms with van der Waals surface area (Å²) in [4.78, 5) is 23.6. The number of carbonyl (C=O) groups is 2. The summed E-state index contributed by atoms with van der Waals surface area (Å²) >= 11 is 0. The number of anilines is 2. The second-order valence-corrected chi connectivity index (χ2v) is 4.67. The van der Waals surface area contributed by atoms with Crippen molar-refractivity contribution in [3.05, 3.63) is 54.1 Å². The first kappa shape index (κ1) is 15.6. The van der Waals surface area contributed by atoms with Crippen LogP contribution in [0, 0.1) is 0 Å². The molecule has 0 fully saturated rings. The Labute approximate surface area is 129 Å². The minimum Gasteiger partial charge on any atom is -0.497 e. The molecule has 2 amide bonds. The standard InChI is InChI=1S/C17H18N2O3/c1-3-16(20)18-14-6-4-5-12(11-14)17(21)19-13-7-9-15(22-2)10-8-13/h4-11H,3H2,1-2H3,(H,18,20)(H,19,21). The Bertz CT molecular complexity index is 666. The second-order valence-electron chi connectivity index (χ2n) is 4.67. The Morgan fingerprint density at radius 3 is 2.36 bits per heavy atom. The second kappa shape index (κ2) is 7.26. The third-order valence-corrected chi connectivity index (χ3v) is 3.08. The fraction of sp³-hybridized carbons (Fsp3) is 0.176. The number of benzene rings is 2. The van der Waals surface area contributed by atoms with Crippen LogP contribution >= 0.6 is 0 Å². The van der Waals surface area contributed by atoms with Crippen molar-refractivity contribution in [2.24, 2.45) is 0 Å². The predicted molar refractivity (Wildman–Crippen MR) is 86.3 cm³/mol. The molecule has 114 valence electrons. The molecule has 0 saturated carbocycles. The van der Waals surface area contributed by atoms with Crippen molar-refractivity contribution in [3.63, 3.8) is 0 Å². The van der Waals surface area contributed by atoms with E-state index in [1.54, 1.807) is 62.6 Å². The van der Waals surface area contributed by atoms with E-state index in [1.165, 1.54) is 0 Å². The molecule has 0 aliphatic carbocycles. The lowest BCUT2D eigenvalue weighted by Crippen LogP contribution is -2.13. The molecular weight excluding hydrogens is 280 g/mol. The molecule has 0 aromatic heterocycles. The summed E-state index contributed by atoms with van der Waals surface area (Å²) in [5.74, 6) is 0.396. The van der Waals surface area contributed by atoms with Crippen molar-refractivity contribution in [1.29, 1.82) is 0 Å². The van der Waals surface area contributed by atoms with Crippen molar-refractivity contribution < 1.29 is 14.3 Å². The maximum Gasteiger partial charge on any atom is 0.255 e. The van der Waals surface area contributed by atoms with Crippen molar-refractivity contribution >= 4 is 23.2 Å². The fourth-order valence-electron chi connectivity index (χ4n) is 1.87. The average Bonchev–Trinajstić information content (AvgIpc) is 2.55. The van der Waals surface area contributed by atoms with E-state index >= 15 is 0 Å². The van der Waals surface area contributed by atoms with Crippen LogP contribution in [0.1, 0.15) is 23.7 Å². The average molecular weight is 298 g/mol. The number of hydrogen-bond acceptors (Lipinski definition) is 3. The molecule has 0 saturated heterocycles. The first-order valence-corrected chi connectivity index (χ1v) is 6.97. The molecular formula is C17H18N2O3. The zero-order chi connectivity index (χ0) is 15.9. The van der Waals surface area contributed by atoms with E-state index in [2.05, 4.69) is 10.6 Å². The predicted octanol–water partition coefficient (Wildman–Crippen LogP) is 3.30. The molecule has 5 heteroatoms. The molecule has 0 heterocycles. The van der Waals surface area contributed by atoms with Gasteiger partial charge < -0.3 is 15.4 Å². The van der Waals surface area contributed by atoms with Crippen molar-refractivity contribution in [1.82, 2.24) is 0 Å². The number of nitrogens with one attached hydrogen (secondary N) is 2. The van der Waals surface area contributed by atoms with E-state index in [0.717, 1.165) is 5.75 Å². The number of hydrogen-bond donors (Lipinski definition) is 2. The molecule has 0 aliphatic rings. The highest BCUT2D eigenvalue weighted by atomic mass is 16.5. The van der Waals surface area contributed by atoms with Crippen LogP contribution in [0.2, 0.25) is 0 Å². The first-order chi connectivity index (χ1) is 10.6. The first-order valence-electron chi connectivity index (χ1n) is 6.97. The van der Waals surface area contributed by atoms with E-state index < -0.39 is 0 Å². The van der Waals surface area contributed by atoms with E-state index in [4.69, 9.17) is 4.74 Å². The largest absolute Gasteiger partial charge is 0.497 e. The number of amides is 2. The molecule has 0 radical (unpaired) electrons. The molecule has 2 aromatic carbocycles. The zero-order valence-electron chi connectivity index (χ0n) is 12.6. The van der Waals surface area contributed by atoms with Gasteiger partial charge in [-0.25, -0.2) is 0 Å². The molecule has 0 unspecified atom stereocenters. The Morgan fingerprint density at radius 2 is 1.73 bits per heavy atom. The van der Waals surface area contributed by atoms with Crippen LogP contribution in [0.4, 0.5) is 11.4 Å². The third-order valence-electron chi connectivity index (χ3n) is 3.08. The molecule has 2 aromatic rings. The summed E-state index contributed by atoms with van der Waals surface area (Å²) in [6.07, 6.45) is 0.391. The van der Waals surface area contributed by atoms with Gasteiger partial charge in [-0.1, -0.05) is 13.0 Å². The highest BCUT2D eigenvalue weighted by molar-refractivity contribution is 6.05. The maximum absolute atomic E-state index is 12.2. The van der Waals surface area contributed by atoms with Crippen molar-refractivity contribution in [2.45, 2.75) is 13.3 Å². The van der Waals surface area contributed by atoms with Crippen LogP contribution < -0.4 is 15.4 Å². The molecule has 0 atom stereocenters. The third kappa shape index (κ3) is 4.09. The maximum atomic E-state index is 12.2. The summed E-state index contributed by atoms with van der Waals surface area (Å²) in [7, 11) is 1.59. The highest BCUT2D eigenvalue weighted by Crippen LogP contribution is 2.17. The Morgan fingerprint density at radius 1 is 1.00 bits per heavy atom. The van der Waals surface area contributed by atoms with Crippen LogP contribution in [-0.2, 0) is 4.79 Å². The minimum absolute atomic E-state index is 0.0901. The molecule has 0 bridgehead atoms. The van der Waals surface area contributed by atoms with Crippen LogP contribution in [0.25, 0.3) is 0 Å². The quantitative estimate of drug-likeness (QED) is 0.890. The van der Waals surface area contributed by atoms with Gasteiger partial charge >= 0.3 is 0 Å². The summed E-state index contributed by atoms with van der Waals surface area (Å²) in [6, 6.07) is 13.9. The van der Waals surface area contributed by atoms with Gasteiger partial charge in [0.2, 0.25) is 5.91 Å².